The quantitative estimate of drug-likeness (QED) is 0.0997. The lowest BCUT2D eigenvalue weighted by atomic mass is 10.0. The number of anilines is 3. The van der Waals surface area contributed by atoms with Gasteiger partial charge in [0.15, 0.2) is 5.17 Å². The van der Waals surface area contributed by atoms with Crippen molar-refractivity contribution in [3.8, 4) is 11.4 Å². The maximum absolute atomic E-state index is 12.9. The molecule has 2 N–H and O–H groups in total. The van der Waals surface area contributed by atoms with Crippen molar-refractivity contribution in [2.75, 3.05) is 28.4 Å². The van der Waals surface area contributed by atoms with Gasteiger partial charge in [0.2, 0.25) is 12.4 Å². The van der Waals surface area contributed by atoms with E-state index in [-0.39, 0.29) is 17.0 Å². The van der Waals surface area contributed by atoms with Crippen LogP contribution in [0.2, 0.25) is 0 Å². The number of methoxy groups -OCH3 is 1. The summed E-state index contributed by atoms with van der Waals surface area (Å²) in [6, 6.07) is 17.3. The van der Waals surface area contributed by atoms with Crippen LogP contribution in [0.25, 0.3) is 5.69 Å². The number of halogens is 3. The number of aromatic nitrogens is 3. The standard InChI is InChI=1S/C31H32F3N7O4S/c1-5-46-30(40(19-42)27-16-20(2)6-15-26(27)21(3)44-4)38-29(43)37-23-9-7-22(8-10-23)17-35-28-36-18-41(39-28)24-11-13-25(14-12-24)45-31(32,33)34/h6-16,18-19,21H,5,17H2,1-4H3,(H,35,39)(H,37,43)/b38-30-. The predicted octanol–water partition coefficient (Wildman–Crippen LogP) is 7.10. The first-order valence-corrected chi connectivity index (χ1v) is 15.0. The Morgan fingerprint density at radius 3 is 2.48 bits per heavy atom. The lowest BCUT2D eigenvalue weighted by molar-refractivity contribution is -0.274. The lowest BCUT2D eigenvalue weighted by Crippen LogP contribution is -2.30. The summed E-state index contributed by atoms with van der Waals surface area (Å²) in [6.07, 6.45) is -2.99. The van der Waals surface area contributed by atoms with Crippen LogP contribution >= 0.6 is 11.8 Å². The Labute approximate surface area is 267 Å². The summed E-state index contributed by atoms with van der Waals surface area (Å²) in [6.45, 7) is 6.05. The van der Waals surface area contributed by atoms with Crippen LogP contribution in [0.4, 0.5) is 35.3 Å². The van der Waals surface area contributed by atoms with E-state index in [1.807, 2.05) is 39.0 Å². The number of amides is 3. The topological polar surface area (TPSA) is 123 Å². The summed E-state index contributed by atoms with van der Waals surface area (Å²) in [5.74, 6) is 0.549. The number of hydrogen-bond acceptors (Lipinski definition) is 8. The van der Waals surface area contributed by atoms with E-state index in [9.17, 15) is 22.8 Å². The van der Waals surface area contributed by atoms with Gasteiger partial charge in [0, 0.05) is 24.9 Å². The highest BCUT2D eigenvalue weighted by Gasteiger charge is 2.31. The number of aryl methyl sites for hydroxylation is 1. The van der Waals surface area contributed by atoms with Crippen LogP contribution in [0, 0.1) is 6.92 Å². The molecule has 15 heteroatoms. The normalized spacial score (nSPS) is 12.4. The zero-order chi connectivity index (χ0) is 33.3. The van der Waals surface area contributed by atoms with Crippen molar-refractivity contribution >= 4 is 46.7 Å². The molecule has 0 aliphatic carbocycles. The molecule has 3 aromatic carbocycles. The molecule has 0 aliphatic rings. The molecule has 4 rings (SSSR count). The number of aliphatic imine (C=N–C) groups is 1. The molecule has 0 radical (unpaired) electrons. The molecule has 242 valence electrons. The molecule has 3 amide bonds. The average Bonchev–Trinajstić information content (AvgIpc) is 3.49. The number of benzene rings is 3. The number of rotatable bonds is 11. The average molecular weight is 656 g/mol. The molecule has 1 aromatic heterocycles. The summed E-state index contributed by atoms with van der Waals surface area (Å²) in [7, 11) is 1.58. The molecule has 0 fully saturated rings. The molecule has 0 aliphatic heterocycles. The number of nitrogens with one attached hydrogen (secondary N) is 2. The monoisotopic (exact) mass is 655 g/mol. The Hall–Kier alpha value is -4.89. The van der Waals surface area contributed by atoms with Crippen molar-refractivity contribution in [1.29, 1.82) is 0 Å². The van der Waals surface area contributed by atoms with Gasteiger partial charge in [-0.1, -0.05) is 43.0 Å². The molecule has 0 bridgehead atoms. The van der Waals surface area contributed by atoms with Crippen LogP contribution in [0.3, 0.4) is 0 Å². The molecule has 1 heterocycles. The number of carbonyl (C=O) groups is 2. The van der Waals surface area contributed by atoms with Gasteiger partial charge in [-0.15, -0.1) is 18.3 Å². The Morgan fingerprint density at radius 2 is 1.85 bits per heavy atom. The second-order valence-electron chi connectivity index (χ2n) is 9.78. The summed E-state index contributed by atoms with van der Waals surface area (Å²) in [5.41, 5.74) is 4.16. The van der Waals surface area contributed by atoms with Gasteiger partial charge in [0.1, 0.15) is 12.1 Å². The van der Waals surface area contributed by atoms with Crippen molar-refractivity contribution in [3.05, 3.63) is 89.7 Å². The zero-order valence-corrected chi connectivity index (χ0v) is 26.2. The highest BCUT2D eigenvalue weighted by molar-refractivity contribution is 8.14. The van der Waals surface area contributed by atoms with E-state index in [1.165, 1.54) is 51.9 Å². The fraction of sp³-hybridized carbons (Fsp3) is 0.258. The molecular weight excluding hydrogens is 623 g/mol. The molecule has 11 nitrogen and oxygen atoms in total. The minimum absolute atomic E-state index is 0.225. The number of ether oxygens (including phenoxy) is 2. The van der Waals surface area contributed by atoms with E-state index >= 15 is 0 Å². The van der Waals surface area contributed by atoms with Gasteiger partial charge in [-0.3, -0.25) is 9.69 Å². The summed E-state index contributed by atoms with van der Waals surface area (Å²) in [4.78, 5) is 34.9. The van der Waals surface area contributed by atoms with E-state index in [0.29, 0.717) is 41.7 Å². The van der Waals surface area contributed by atoms with Crippen molar-refractivity contribution in [2.45, 2.75) is 39.8 Å². The first kappa shape index (κ1) is 34.0. The number of urea groups is 1. The van der Waals surface area contributed by atoms with Crippen LogP contribution in [0.1, 0.15) is 36.6 Å². The van der Waals surface area contributed by atoms with Crippen LogP contribution in [0.15, 0.2) is 78.0 Å². The number of hydrogen-bond donors (Lipinski definition) is 2. The number of carbonyl (C=O) groups excluding carboxylic acids is 2. The van der Waals surface area contributed by atoms with Gasteiger partial charge in [-0.25, -0.2) is 14.5 Å². The molecular formula is C31H32F3N7O4S. The number of amidine groups is 1. The minimum Gasteiger partial charge on any atom is -0.406 e. The van der Waals surface area contributed by atoms with Gasteiger partial charge in [0.25, 0.3) is 0 Å². The van der Waals surface area contributed by atoms with Gasteiger partial charge in [-0.05, 0) is 73.2 Å². The maximum atomic E-state index is 12.9. The molecule has 4 aromatic rings. The first-order valence-electron chi connectivity index (χ1n) is 14.0. The Balaban J connectivity index is 1.38. The smallest absolute Gasteiger partial charge is 0.406 e. The predicted molar refractivity (Wildman–Crippen MR) is 172 cm³/mol. The van der Waals surface area contributed by atoms with Crippen LogP contribution in [-0.4, -0.2) is 51.6 Å². The second-order valence-corrected chi connectivity index (χ2v) is 11.0. The van der Waals surface area contributed by atoms with Crippen LogP contribution in [-0.2, 0) is 16.1 Å². The molecule has 1 atom stereocenters. The van der Waals surface area contributed by atoms with Crippen LogP contribution < -0.4 is 20.3 Å². The molecule has 0 spiro atoms. The van der Waals surface area contributed by atoms with Crippen LogP contribution in [0.5, 0.6) is 5.75 Å². The summed E-state index contributed by atoms with van der Waals surface area (Å²) >= 11 is 1.26. The Morgan fingerprint density at radius 1 is 1.13 bits per heavy atom. The molecule has 1 unspecified atom stereocenters. The van der Waals surface area contributed by atoms with Crippen molar-refractivity contribution in [2.24, 2.45) is 4.99 Å². The minimum atomic E-state index is -4.77. The van der Waals surface area contributed by atoms with E-state index in [4.69, 9.17) is 4.74 Å². The number of alkyl halides is 3. The zero-order valence-electron chi connectivity index (χ0n) is 25.4. The largest absolute Gasteiger partial charge is 0.573 e. The Kier molecular flexibility index (Phi) is 11.4. The summed E-state index contributed by atoms with van der Waals surface area (Å²) in [5, 5.41) is 10.3. The third-order valence-electron chi connectivity index (χ3n) is 6.50. The number of nitrogens with zero attached hydrogens (tertiary/aromatic N) is 5. The highest BCUT2D eigenvalue weighted by Crippen LogP contribution is 2.31. The Bertz CT molecular complexity index is 1660. The third-order valence-corrected chi connectivity index (χ3v) is 7.34. The van der Waals surface area contributed by atoms with Crippen molar-refractivity contribution in [1.82, 2.24) is 14.8 Å². The first-order chi connectivity index (χ1) is 22.0. The van der Waals surface area contributed by atoms with Gasteiger partial charge < -0.3 is 20.1 Å². The molecule has 46 heavy (non-hydrogen) atoms. The highest BCUT2D eigenvalue weighted by atomic mass is 32.2. The lowest BCUT2D eigenvalue weighted by Gasteiger charge is -2.24. The van der Waals surface area contributed by atoms with E-state index in [1.54, 1.807) is 31.4 Å². The molecule has 0 saturated heterocycles. The third kappa shape index (κ3) is 9.31. The van der Waals surface area contributed by atoms with E-state index in [0.717, 1.165) is 16.7 Å². The van der Waals surface area contributed by atoms with Crippen molar-refractivity contribution < 1.29 is 32.2 Å². The van der Waals surface area contributed by atoms with Gasteiger partial charge in [0.05, 0.1) is 17.5 Å². The fourth-order valence-electron chi connectivity index (χ4n) is 4.22. The summed E-state index contributed by atoms with van der Waals surface area (Å²) < 4.78 is 47.9. The van der Waals surface area contributed by atoms with E-state index < -0.39 is 12.4 Å². The van der Waals surface area contributed by atoms with Crippen molar-refractivity contribution in [3.63, 3.8) is 0 Å². The van der Waals surface area contributed by atoms with E-state index in [2.05, 4.69) is 30.4 Å². The fourth-order valence-corrected chi connectivity index (χ4v) is 4.90. The SMILES string of the molecule is CCS/C(=N\C(=O)Nc1ccc(CNc2ncn(-c3ccc(OC(F)(F)F)cc3)n2)cc1)N(C=O)c1cc(C)ccc1C(C)OC. The second kappa shape index (κ2) is 15.4. The maximum Gasteiger partial charge on any atom is 0.573 e. The van der Waals surface area contributed by atoms with Gasteiger partial charge in [-0.2, -0.15) is 4.99 Å². The molecule has 0 saturated carbocycles. The number of thioether (sulfide) groups is 1. The van der Waals surface area contributed by atoms with Gasteiger partial charge >= 0.3 is 12.4 Å².